The molecule has 0 spiro atoms. The number of aromatic carboxylic acids is 1. The molecule has 0 saturated carbocycles. The molecule has 0 aromatic carbocycles. The fourth-order valence-electron chi connectivity index (χ4n) is 1.97. The van der Waals surface area contributed by atoms with Gasteiger partial charge in [-0.2, -0.15) is 0 Å². The monoisotopic (exact) mass is 236 g/mol. The van der Waals surface area contributed by atoms with E-state index in [0.717, 1.165) is 12.1 Å². The van der Waals surface area contributed by atoms with Gasteiger partial charge in [0.25, 0.3) is 0 Å². The van der Waals surface area contributed by atoms with Crippen LogP contribution in [-0.2, 0) is 11.3 Å². The number of hydrogen-bond donors (Lipinski definition) is 1. The zero-order valence-electron chi connectivity index (χ0n) is 9.80. The number of aromatic nitrogens is 1. The smallest absolute Gasteiger partial charge is 0.354 e. The number of carbonyl (C=O) groups is 1. The number of rotatable bonds is 3. The highest BCUT2D eigenvalue weighted by Crippen LogP contribution is 2.14. The van der Waals surface area contributed by atoms with E-state index in [9.17, 15) is 4.79 Å². The third kappa shape index (κ3) is 2.81. The van der Waals surface area contributed by atoms with Gasteiger partial charge in [0.05, 0.1) is 13.2 Å². The molecule has 1 saturated heterocycles. The van der Waals surface area contributed by atoms with Crippen molar-refractivity contribution in [1.29, 1.82) is 0 Å². The normalized spacial score (nSPS) is 21.4. The van der Waals surface area contributed by atoms with Crippen LogP contribution in [0.2, 0.25) is 0 Å². The number of hydrogen-bond acceptors (Lipinski definition) is 4. The minimum absolute atomic E-state index is 0.145. The van der Waals surface area contributed by atoms with E-state index in [2.05, 4.69) is 16.8 Å². The summed E-state index contributed by atoms with van der Waals surface area (Å²) in [4.78, 5) is 17.2. The lowest BCUT2D eigenvalue weighted by atomic mass is 10.1. The lowest BCUT2D eigenvalue weighted by Crippen LogP contribution is -2.43. The van der Waals surface area contributed by atoms with Gasteiger partial charge >= 0.3 is 5.97 Å². The van der Waals surface area contributed by atoms with Crippen LogP contribution >= 0.6 is 0 Å². The highest BCUT2D eigenvalue weighted by molar-refractivity contribution is 5.86. The third-order valence-corrected chi connectivity index (χ3v) is 2.97. The average molecular weight is 236 g/mol. The molecular formula is C12H16N2O3. The molecule has 1 fully saturated rings. The maximum atomic E-state index is 11.0. The van der Waals surface area contributed by atoms with Crippen molar-refractivity contribution in [2.45, 2.75) is 19.5 Å². The first-order valence-corrected chi connectivity index (χ1v) is 5.67. The van der Waals surface area contributed by atoms with Gasteiger partial charge in [-0.3, -0.25) is 4.90 Å². The summed E-state index contributed by atoms with van der Waals surface area (Å²) in [6.07, 6.45) is 1.51. The van der Waals surface area contributed by atoms with Crippen LogP contribution in [0.3, 0.4) is 0 Å². The van der Waals surface area contributed by atoms with E-state index in [1.807, 2.05) is 6.07 Å². The molecule has 1 aliphatic rings. The van der Waals surface area contributed by atoms with E-state index in [0.29, 0.717) is 25.8 Å². The van der Waals surface area contributed by atoms with Gasteiger partial charge in [0, 0.05) is 25.3 Å². The fraction of sp³-hybridized carbons (Fsp3) is 0.500. The predicted octanol–water partition coefficient (Wildman–Crippen LogP) is 1.00. The number of morpholine rings is 1. The summed E-state index contributed by atoms with van der Waals surface area (Å²) in [6.45, 7) is 4.92. The van der Waals surface area contributed by atoms with E-state index in [-0.39, 0.29) is 5.69 Å². The molecule has 17 heavy (non-hydrogen) atoms. The lowest BCUT2D eigenvalue weighted by molar-refractivity contribution is -0.00457. The molecule has 1 aliphatic heterocycles. The zero-order valence-corrected chi connectivity index (χ0v) is 9.80. The number of carboxylic acid groups (broad SMARTS) is 1. The summed E-state index contributed by atoms with van der Waals surface area (Å²) in [7, 11) is 0. The summed E-state index contributed by atoms with van der Waals surface area (Å²) < 4.78 is 5.35. The van der Waals surface area contributed by atoms with Crippen molar-refractivity contribution >= 4 is 5.97 Å². The van der Waals surface area contributed by atoms with Gasteiger partial charge in [-0.1, -0.05) is 6.07 Å². The Morgan fingerprint density at radius 2 is 2.53 bits per heavy atom. The molecule has 1 N–H and O–H groups in total. The van der Waals surface area contributed by atoms with Crippen LogP contribution in [0.15, 0.2) is 18.3 Å². The molecule has 0 bridgehead atoms. The molecule has 5 nitrogen and oxygen atoms in total. The van der Waals surface area contributed by atoms with Crippen molar-refractivity contribution in [3.8, 4) is 0 Å². The highest BCUT2D eigenvalue weighted by Gasteiger charge is 2.21. The quantitative estimate of drug-likeness (QED) is 0.848. The molecule has 2 rings (SSSR count). The van der Waals surface area contributed by atoms with Gasteiger partial charge in [-0.05, 0) is 18.6 Å². The summed E-state index contributed by atoms with van der Waals surface area (Å²) in [5.74, 6) is -0.971. The van der Waals surface area contributed by atoms with Crippen molar-refractivity contribution in [3.05, 3.63) is 29.6 Å². The Balaban J connectivity index is 2.14. The van der Waals surface area contributed by atoms with E-state index in [1.54, 1.807) is 6.07 Å². The minimum Gasteiger partial charge on any atom is -0.477 e. The SMILES string of the molecule is CC1COCCN1Cc1cccnc1C(=O)O. The van der Waals surface area contributed by atoms with E-state index in [1.165, 1.54) is 6.20 Å². The Labute approximate surface area is 100 Å². The first-order chi connectivity index (χ1) is 8.18. The molecule has 2 heterocycles. The number of pyridine rings is 1. The summed E-state index contributed by atoms with van der Waals surface area (Å²) in [5.41, 5.74) is 0.903. The van der Waals surface area contributed by atoms with Gasteiger partial charge in [-0.15, -0.1) is 0 Å². The Kier molecular flexibility index (Phi) is 3.71. The zero-order chi connectivity index (χ0) is 12.3. The summed E-state index contributed by atoms with van der Waals surface area (Å²) in [6, 6.07) is 3.90. The van der Waals surface area contributed by atoms with Crippen LogP contribution in [0.25, 0.3) is 0 Å². The van der Waals surface area contributed by atoms with Crippen molar-refractivity contribution in [2.75, 3.05) is 19.8 Å². The molecule has 5 heteroatoms. The van der Waals surface area contributed by atoms with Crippen molar-refractivity contribution < 1.29 is 14.6 Å². The molecular weight excluding hydrogens is 220 g/mol. The molecule has 0 amide bonds. The van der Waals surface area contributed by atoms with E-state index >= 15 is 0 Å². The summed E-state index contributed by atoms with van der Waals surface area (Å²) >= 11 is 0. The molecule has 0 radical (unpaired) electrons. The standard InChI is InChI=1S/C12H16N2O3/c1-9-8-17-6-5-14(9)7-10-3-2-4-13-11(10)12(15)16/h2-4,9H,5-8H2,1H3,(H,15,16). The second-order valence-corrected chi connectivity index (χ2v) is 4.21. The topological polar surface area (TPSA) is 62.7 Å². The van der Waals surface area contributed by atoms with Gasteiger partial charge in [0.1, 0.15) is 0 Å². The highest BCUT2D eigenvalue weighted by atomic mass is 16.5. The van der Waals surface area contributed by atoms with E-state index in [4.69, 9.17) is 9.84 Å². The second-order valence-electron chi connectivity index (χ2n) is 4.21. The largest absolute Gasteiger partial charge is 0.477 e. The van der Waals surface area contributed by atoms with Gasteiger partial charge < -0.3 is 9.84 Å². The fourth-order valence-corrected chi connectivity index (χ4v) is 1.97. The van der Waals surface area contributed by atoms with Crippen LogP contribution in [-0.4, -0.2) is 46.8 Å². The second kappa shape index (κ2) is 5.25. The Hall–Kier alpha value is -1.46. The maximum absolute atomic E-state index is 11.0. The molecule has 1 aromatic heterocycles. The Morgan fingerprint density at radius 3 is 3.24 bits per heavy atom. The molecule has 1 aromatic rings. The maximum Gasteiger partial charge on any atom is 0.354 e. The van der Waals surface area contributed by atoms with Gasteiger partial charge in [-0.25, -0.2) is 9.78 Å². The third-order valence-electron chi connectivity index (χ3n) is 2.97. The summed E-state index contributed by atoms with van der Waals surface area (Å²) in [5, 5.41) is 9.06. The first-order valence-electron chi connectivity index (χ1n) is 5.67. The van der Waals surface area contributed by atoms with Crippen LogP contribution in [0.5, 0.6) is 0 Å². The van der Waals surface area contributed by atoms with Crippen LogP contribution in [0.1, 0.15) is 23.0 Å². The van der Waals surface area contributed by atoms with Crippen LogP contribution < -0.4 is 0 Å². The molecule has 1 unspecified atom stereocenters. The predicted molar refractivity (Wildman–Crippen MR) is 61.9 cm³/mol. The first kappa shape index (κ1) is 12.0. The van der Waals surface area contributed by atoms with Crippen LogP contribution in [0, 0.1) is 0 Å². The van der Waals surface area contributed by atoms with Gasteiger partial charge in [0.2, 0.25) is 0 Å². The number of ether oxygens (including phenoxy) is 1. The number of carboxylic acids is 1. The lowest BCUT2D eigenvalue weighted by Gasteiger charge is -2.33. The Bertz CT molecular complexity index is 408. The van der Waals surface area contributed by atoms with Crippen molar-refractivity contribution in [2.24, 2.45) is 0 Å². The minimum atomic E-state index is -0.971. The van der Waals surface area contributed by atoms with Crippen LogP contribution in [0.4, 0.5) is 0 Å². The molecule has 0 aliphatic carbocycles. The van der Waals surface area contributed by atoms with E-state index < -0.39 is 5.97 Å². The van der Waals surface area contributed by atoms with Gasteiger partial charge in [0.15, 0.2) is 5.69 Å². The van der Waals surface area contributed by atoms with Crippen molar-refractivity contribution in [3.63, 3.8) is 0 Å². The molecule has 92 valence electrons. The molecule has 1 atom stereocenters. The van der Waals surface area contributed by atoms with Crippen molar-refractivity contribution in [1.82, 2.24) is 9.88 Å². The average Bonchev–Trinajstić information content (AvgIpc) is 2.32. The number of nitrogens with zero attached hydrogens (tertiary/aromatic N) is 2. The Morgan fingerprint density at radius 1 is 1.71 bits per heavy atom.